The molecule has 2 amide bonds. The van der Waals surface area contributed by atoms with E-state index in [1.54, 1.807) is 21.7 Å². The molecular weight excluding hydrogens is 511 g/mol. The molecule has 0 fully saturated rings. The fourth-order valence-corrected chi connectivity index (χ4v) is 6.10. The van der Waals surface area contributed by atoms with Crippen LogP contribution in [0, 0.1) is 19.7 Å². The standard InChI is InChI=1S/C31H31FN4O2S/c1-4-16-33-26(37)18-35-27(38)19-39-30(23-11-13-24(32)14-12-23)28-29(22-8-6-5-7-9-22)34-36(31(28)35)25-15-10-20(2)17-21(25)3/h5-15,17,30H,4,16,18-19H2,1-3H3,(H,33,37). The SMILES string of the molecule is CCCNC(=O)CN1C(=O)CSC(c2ccc(F)cc2)c2c(-c3ccccc3)nn(-c3ccc(C)cc3C)c21. The molecule has 1 aromatic heterocycles. The summed E-state index contributed by atoms with van der Waals surface area (Å²) in [5.74, 6) is 0.00630. The number of aryl methyl sites for hydroxylation is 2. The van der Waals surface area contributed by atoms with Crippen molar-refractivity contribution in [3.8, 4) is 16.9 Å². The van der Waals surface area contributed by atoms with Gasteiger partial charge in [0, 0.05) is 17.7 Å². The fraction of sp³-hybridized carbons (Fsp3) is 0.258. The van der Waals surface area contributed by atoms with Crippen molar-refractivity contribution >= 4 is 29.4 Å². The van der Waals surface area contributed by atoms with Gasteiger partial charge in [-0.1, -0.05) is 67.1 Å². The molecule has 1 unspecified atom stereocenters. The van der Waals surface area contributed by atoms with Crippen LogP contribution in [0.2, 0.25) is 0 Å². The molecule has 0 aliphatic carbocycles. The van der Waals surface area contributed by atoms with Crippen molar-refractivity contribution in [2.24, 2.45) is 0 Å². The number of nitrogens with zero attached hydrogens (tertiary/aromatic N) is 3. The minimum Gasteiger partial charge on any atom is -0.355 e. The van der Waals surface area contributed by atoms with E-state index in [0.29, 0.717) is 12.4 Å². The van der Waals surface area contributed by atoms with Crippen LogP contribution >= 0.6 is 11.8 Å². The summed E-state index contributed by atoms with van der Waals surface area (Å²) >= 11 is 1.47. The van der Waals surface area contributed by atoms with Crippen LogP contribution in [0.5, 0.6) is 0 Å². The molecule has 0 bridgehead atoms. The van der Waals surface area contributed by atoms with Gasteiger partial charge in [-0.3, -0.25) is 14.5 Å². The Labute approximate surface area is 232 Å². The van der Waals surface area contributed by atoms with Crippen molar-refractivity contribution in [2.75, 3.05) is 23.7 Å². The summed E-state index contributed by atoms with van der Waals surface area (Å²) in [7, 11) is 0. The minimum absolute atomic E-state index is 0.118. The highest BCUT2D eigenvalue weighted by atomic mass is 32.2. The Balaban J connectivity index is 1.80. The lowest BCUT2D eigenvalue weighted by molar-refractivity contribution is -0.122. The molecule has 200 valence electrons. The smallest absolute Gasteiger partial charge is 0.240 e. The summed E-state index contributed by atoms with van der Waals surface area (Å²) in [6.07, 6.45) is 0.798. The predicted octanol–water partition coefficient (Wildman–Crippen LogP) is 5.99. The van der Waals surface area contributed by atoms with Crippen LogP contribution < -0.4 is 10.2 Å². The number of hydrogen-bond acceptors (Lipinski definition) is 4. The van der Waals surface area contributed by atoms with Crippen molar-refractivity contribution in [1.82, 2.24) is 15.1 Å². The third-order valence-corrected chi connectivity index (χ3v) is 8.02. The van der Waals surface area contributed by atoms with Crippen LogP contribution in [0.1, 0.15) is 40.8 Å². The molecule has 0 spiro atoms. The minimum atomic E-state index is -0.322. The van der Waals surface area contributed by atoms with Crippen molar-refractivity contribution in [2.45, 2.75) is 32.4 Å². The third-order valence-electron chi connectivity index (χ3n) is 6.76. The molecule has 39 heavy (non-hydrogen) atoms. The maximum absolute atomic E-state index is 13.9. The number of hydrogen-bond donors (Lipinski definition) is 1. The third kappa shape index (κ3) is 5.47. The Morgan fingerprint density at radius 3 is 2.51 bits per heavy atom. The van der Waals surface area contributed by atoms with E-state index >= 15 is 0 Å². The maximum Gasteiger partial charge on any atom is 0.240 e. The first-order valence-electron chi connectivity index (χ1n) is 13.1. The van der Waals surface area contributed by atoms with E-state index in [0.717, 1.165) is 45.6 Å². The number of aromatic nitrogens is 2. The summed E-state index contributed by atoms with van der Waals surface area (Å²) in [6.45, 7) is 6.45. The number of fused-ring (bicyclic) bond motifs is 1. The van der Waals surface area contributed by atoms with E-state index in [-0.39, 0.29) is 35.2 Å². The zero-order valence-corrected chi connectivity index (χ0v) is 23.1. The highest BCUT2D eigenvalue weighted by Gasteiger charge is 2.37. The summed E-state index contributed by atoms with van der Waals surface area (Å²) in [4.78, 5) is 28.3. The molecule has 4 aromatic rings. The van der Waals surface area contributed by atoms with Gasteiger partial charge < -0.3 is 5.32 Å². The van der Waals surface area contributed by atoms with Crippen LogP contribution in [0.3, 0.4) is 0 Å². The molecule has 3 aromatic carbocycles. The first-order valence-corrected chi connectivity index (χ1v) is 14.1. The lowest BCUT2D eigenvalue weighted by Gasteiger charge is -2.24. The van der Waals surface area contributed by atoms with Crippen LogP contribution in [0.25, 0.3) is 16.9 Å². The van der Waals surface area contributed by atoms with E-state index in [1.165, 1.54) is 23.9 Å². The van der Waals surface area contributed by atoms with E-state index in [9.17, 15) is 14.0 Å². The summed E-state index contributed by atoms with van der Waals surface area (Å²) in [5.41, 5.74) is 6.26. The number of carbonyl (C=O) groups excluding carboxylic acids is 2. The summed E-state index contributed by atoms with van der Waals surface area (Å²) in [5, 5.41) is 7.72. The molecule has 2 heterocycles. The zero-order chi connectivity index (χ0) is 27.5. The average Bonchev–Trinajstić information content (AvgIpc) is 3.25. The van der Waals surface area contributed by atoms with Gasteiger partial charge in [0.05, 0.1) is 22.4 Å². The monoisotopic (exact) mass is 542 g/mol. The maximum atomic E-state index is 13.9. The Kier molecular flexibility index (Phi) is 7.84. The lowest BCUT2D eigenvalue weighted by atomic mass is 9.99. The molecule has 1 aliphatic rings. The number of amides is 2. The van der Waals surface area contributed by atoms with E-state index in [4.69, 9.17) is 5.10 Å². The highest BCUT2D eigenvalue weighted by molar-refractivity contribution is 8.00. The molecule has 6 nitrogen and oxygen atoms in total. The molecule has 8 heteroatoms. The summed E-state index contributed by atoms with van der Waals surface area (Å²) in [6, 6.07) is 22.3. The second-order valence-electron chi connectivity index (χ2n) is 9.73. The van der Waals surface area contributed by atoms with Gasteiger partial charge in [-0.05, 0) is 49.6 Å². The molecule has 0 radical (unpaired) electrons. The second-order valence-corrected chi connectivity index (χ2v) is 10.8. The van der Waals surface area contributed by atoms with Crippen molar-refractivity contribution in [3.63, 3.8) is 0 Å². The number of anilines is 1. The van der Waals surface area contributed by atoms with Crippen LogP contribution in [0.4, 0.5) is 10.2 Å². The number of carbonyl (C=O) groups is 2. The predicted molar refractivity (Wildman–Crippen MR) is 155 cm³/mol. The van der Waals surface area contributed by atoms with E-state index in [1.807, 2.05) is 63.2 Å². The normalized spacial score (nSPS) is 15.1. The summed E-state index contributed by atoms with van der Waals surface area (Å²) < 4.78 is 15.7. The van der Waals surface area contributed by atoms with E-state index < -0.39 is 0 Å². The number of thioether (sulfide) groups is 1. The van der Waals surface area contributed by atoms with Crippen molar-refractivity contribution in [3.05, 3.63) is 101 Å². The topological polar surface area (TPSA) is 67.2 Å². The van der Waals surface area contributed by atoms with Gasteiger partial charge in [0.15, 0.2) is 0 Å². The Morgan fingerprint density at radius 2 is 1.82 bits per heavy atom. The van der Waals surface area contributed by atoms with Crippen molar-refractivity contribution in [1.29, 1.82) is 0 Å². The largest absolute Gasteiger partial charge is 0.355 e. The quantitative estimate of drug-likeness (QED) is 0.312. The fourth-order valence-electron chi connectivity index (χ4n) is 4.90. The molecule has 1 N–H and O–H groups in total. The van der Waals surface area contributed by atoms with Crippen LogP contribution in [0.15, 0.2) is 72.8 Å². The van der Waals surface area contributed by atoms with Crippen LogP contribution in [-0.4, -0.2) is 40.4 Å². The molecule has 1 atom stereocenters. The molecule has 0 saturated heterocycles. The van der Waals surface area contributed by atoms with Gasteiger partial charge in [0.2, 0.25) is 11.8 Å². The lowest BCUT2D eigenvalue weighted by Crippen LogP contribution is -2.42. The van der Waals surface area contributed by atoms with Gasteiger partial charge in [-0.2, -0.15) is 5.10 Å². The average molecular weight is 543 g/mol. The highest BCUT2D eigenvalue weighted by Crippen LogP contribution is 2.48. The number of halogens is 1. The number of nitrogens with one attached hydrogen (secondary N) is 1. The number of rotatable bonds is 7. The Hall–Kier alpha value is -3.91. The first kappa shape index (κ1) is 26.7. The second kappa shape index (κ2) is 11.5. The first-order chi connectivity index (χ1) is 18.9. The van der Waals surface area contributed by atoms with Crippen molar-refractivity contribution < 1.29 is 14.0 Å². The van der Waals surface area contributed by atoms with Gasteiger partial charge in [-0.25, -0.2) is 9.07 Å². The Morgan fingerprint density at radius 1 is 1.08 bits per heavy atom. The zero-order valence-electron chi connectivity index (χ0n) is 22.3. The Bertz CT molecular complexity index is 1500. The molecular formula is C31H31FN4O2S. The van der Waals surface area contributed by atoms with Gasteiger partial charge >= 0.3 is 0 Å². The van der Waals surface area contributed by atoms with E-state index in [2.05, 4.69) is 11.4 Å². The number of benzene rings is 3. The molecule has 0 saturated carbocycles. The molecule has 1 aliphatic heterocycles. The van der Waals surface area contributed by atoms with Gasteiger partial charge in [0.25, 0.3) is 0 Å². The molecule has 5 rings (SSSR count). The van der Waals surface area contributed by atoms with Gasteiger partial charge in [0.1, 0.15) is 18.2 Å². The van der Waals surface area contributed by atoms with Crippen LogP contribution in [-0.2, 0) is 9.59 Å². The van der Waals surface area contributed by atoms with Gasteiger partial charge in [-0.15, -0.1) is 11.8 Å².